The normalized spacial score (nSPS) is 11.6. The Bertz CT molecular complexity index is 552. The number of halogens is 3. The zero-order valence-electron chi connectivity index (χ0n) is 10.8. The van der Waals surface area contributed by atoms with E-state index in [2.05, 4.69) is 12.2 Å². The molecule has 1 aromatic carbocycles. The summed E-state index contributed by atoms with van der Waals surface area (Å²) in [6.07, 6.45) is 0.461. The molecule has 104 valence electrons. The molecule has 0 unspecified atom stereocenters. The molecule has 0 aliphatic rings. The average Bonchev–Trinajstić information content (AvgIpc) is 2.67. The van der Waals surface area contributed by atoms with Gasteiger partial charge in [-0.2, -0.15) is 0 Å². The van der Waals surface area contributed by atoms with Crippen LogP contribution in [0.2, 0.25) is 5.02 Å². The molecule has 0 spiro atoms. The van der Waals surface area contributed by atoms with Crippen LogP contribution in [-0.2, 0) is 13.1 Å². The topological polar surface area (TPSA) is 17.0 Å². The number of fused-ring (bicyclic) bond motifs is 1. The lowest BCUT2D eigenvalue weighted by atomic mass is 10.2. The zero-order chi connectivity index (χ0) is 13.8. The van der Waals surface area contributed by atoms with Crippen LogP contribution in [-0.4, -0.2) is 17.5 Å². The van der Waals surface area contributed by atoms with E-state index in [0.717, 1.165) is 29.4 Å². The Hall–Kier alpha value is -1.13. The second-order valence-electron chi connectivity index (χ2n) is 4.54. The van der Waals surface area contributed by atoms with Gasteiger partial charge in [-0.05, 0) is 30.7 Å². The number of hydrogen-bond acceptors (Lipinski definition) is 1. The third-order valence-corrected chi connectivity index (χ3v) is 3.24. The molecular formula is C14H17ClF2N2. The quantitative estimate of drug-likeness (QED) is 0.793. The fourth-order valence-electron chi connectivity index (χ4n) is 2.18. The van der Waals surface area contributed by atoms with Crippen molar-refractivity contribution < 1.29 is 8.78 Å². The third kappa shape index (κ3) is 3.45. The largest absolute Gasteiger partial charge is 0.341 e. The molecule has 1 aromatic heterocycles. The monoisotopic (exact) mass is 286 g/mol. The molecule has 0 radical (unpaired) electrons. The van der Waals surface area contributed by atoms with E-state index in [1.165, 1.54) is 0 Å². The van der Waals surface area contributed by atoms with Crippen LogP contribution in [0.1, 0.15) is 18.9 Å². The Morgan fingerprint density at radius 1 is 1.37 bits per heavy atom. The van der Waals surface area contributed by atoms with E-state index in [9.17, 15) is 8.78 Å². The Kier molecular flexibility index (Phi) is 4.77. The third-order valence-electron chi connectivity index (χ3n) is 3.00. The molecule has 1 heterocycles. The van der Waals surface area contributed by atoms with E-state index in [-0.39, 0.29) is 6.54 Å². The summed E-state index contributed by atoms with van der Waals surface area (Å²) in [4.78, 5) is 0. The van der Waals surface area contributed by atoms with Crippen molar-refractivity contribution in [3.8, 4) is 0 Å². The maximum absolute atomic E-state index is 12.6. The number of aromatic nitrogens is 1. The minimum atomic E-state index is -2.37. The molecule has 0 bridgehead atoms. The summed E-state index contributed by atoms with van der Waals surface area (Å²) >= 11 is 5.95. The highest BCUT2D eigenvalue weighted by molar-refractivity contribution is 6.31. The highest BCUT2D eigenvalue weighted by atomic mass is 35.5. The number of benzene rings is 1. The summed E-state index contributed by atoms with van der Waals surface area (Å²) in [5, 5.41) is 4.84. The van der Waals surface area contributed by atoms with E-state index in [0.29, 0.717) is 11.6 Å². The lowest BCUT2D eigenvalue weighted by Crippen LogP contribution is -2.13. The SMILES string of the molecule is CCCNCc1cn(CC(F)F)c2cc(Cl)ccc12. The van der Waals surface area contributed by atoms with Crippen LogP contribution in [0.4, 0.5) is 8.78 Å². The molecule has 2 rings (SSSR count). The van der Waals surface area contributed by atoms with E-state index >= 15 is 0 Å². The molecule has 19 heavy (non-hydrogen) atoms. The van der Waals surface area contributed by atoms with Crippen molar-refractivity contribution in [2.24, 2.45) is 0 Å². The van der Waals surface area contributed by atoms with E-state index in [1.807, 2.05) is 6.07 Å². The molecule has 1 N–H and O–H groups in total. The summed E-state index contributed by atoms with van der Waals surface area (Å²) in [7, 11) is 0. The van der Waals surface area contributed by atoms with Gasteiger partial charge in [0, 0.05) is 23.2 Å². The van der Waals surface area contributed by atoms with Gasteiger partial charge in [0.15, 0.2) is 0 Å². The highest BCUT2D eigenvalue weighted by Gasteiger charge is 2.12. The first-order chi connectivity index (χ1) is 9.11. The second-order valence-corrected chi connectivity index (χ2v) is 4.97. The number of alkyl halides is 2. The summed E-state index contributed by atoms with van der Waals surface area (Å²) in [6.45, 7) is 3.38. The molecule has 0 aliphatic heterocycles. The molecule has 0 fully saturated rings. The molecule has 0 saturated heterocycles. The van der Waals surface area contributed by atoms with Crippen molar-refractivity contribution in [1.29, 1.82) is 0 Å². The minimum absolute atomic E-state index is 0.301. The highest BCUT2D eigenvalue weighted by Crippen LogP contribution is 2.25. The van der Waals surface area contributed by atoms with Crippen LogP contribution < -0.4 is 5.32 Å². The summed E-state index contributed by atoms with van der Waals surface area (Å²) in [6, 6.07) is 5.42. The smallest absolute Gasteiger partial charge is 0.256 e. The summed E-state index contributed by atoms with van der Waals surface area (Å²) in [5.41, 5.74) is 1.79. The molecule has 0 aliphatic carbocycles. The van der Waals surface area contributed by atoms with Gasteiger partial charge in [-0.15, -0.1) is 0 Å². The Balaban J connectivity index is 2.35. The van der Waals surface area contributed by atoms with E-state index in [1.54, 1.807) is 22.9 Å². The van der Waals surface area contributed by atoms with Gasteiger partial charge in [-0.3, -0.25) is 0 Å². The average molecular weight is 287 g/mol. The fraction of sp³-hybridized carbons (Fsp3) is 0.429. The van der Waals surface area contributed by atoms with Gasteiger partial charge in [0.25, 0.3) is 6.43 Å². The Labute approximate surface area is 116 Å². The van der Waals surface area contributed by atoms with Crippen molar-refractivity contribution in [3.63, 3.8) is 0 Å². The van der Waals surface area contributed by atoms with Crippen molar-refractivity contribution in [2.75, 3.05) is 6.54 Å². The van der Waals surface area contributed by atoms with Gasteiger partial charge in [0.1, 0.15) is 0 Å². The van der Waals surface area contributed by atoms with Crippen molar-refractivity contribution in [1.82, 2.24) is 9.88 Å². The molecular weight excluding hydrogens is 270 g/mol. The number of rotatable bonds is 6. The predicted octanol–water partition coefficient (Wildman–Crippen LogP) is 4.06. The number of nitrogens with one attached hydrogen (secondary N) is 1. The van der Waals surface area contributed by atoms with Crippen LogP contribution in [0.3, 0.4) is 0 Å². The lowest BCUT2D eigenvalue weighted by molar-refractivity contribution is 0.128. The first-order valence-electron chi connectivity index (χ1n) is 6.38. The first kappa shape index (κ1) is 14.3. The van der Waals surface area contributed by atoms with Crippen LogP contribution >= 0.6 is 11.6 Å². The standard InChI is InChI=1S/C14H17ClF2N2/c1-2-5-18-7-10-8-19(9-14(16)17)13-6-11(15)3-4-12(10)13/h3-4,6,8,14,18H,2,5,7,9H2,1H3. The van der Waals surface area contributed by atoms with E-state index < -0.39 is 6.43 Å². The Morgan fingerprint density at radius 2 is 2.16 bits per heavy atom. The van der Waals surface area contributed by atoms with Crippen molar-refractivity contribution >= 4 is 22.5 Å². The number of hydrogen-bond donors (Lipinski definition) is 1. The van der Waals surface area contributed by atoms with Gasteiger partial charge >= 0.3 is 0 Å². The molecule has 5 heteroatoms. The summed E-state index contributed by atoms with van der Waals surface area (Å²) < 4.78 is 26.8. The van der Waals surface area contributed by atoms with Crippen molar-refractivity contribution in [2.45, 2.75) is 32.9 Å². The van der Waals surface area contributed by atoms with Gasteiger partial charge < -0.3 is 9.88 Å². The maximum Gasteiger partial charge on any atom is 0.256 e. The van der Waals surface area contributed by atoms with Gasteiger partial charge in [-0.25, -0.2) is 8.78 Å². The van der Waals surface area contributed by atoms with Crippen LogP contribution in [0.15, 0.2) is 24.4 Å². The fourth-order valence-corrected chi connectivity index (χ4v) is 2.35. The van der Waals surface area contributed by atoms with Gasteiger partial charge in [0.2, 0.25) is 0 Å². The van der Waals surface area contributed by atoms with Crippen molar-refractivity contribution in [3.05, 3.63) is 35.0 Å². The maximum atomic E-state index is 12.6. The van der Waals surface area contributed by atoms with Gasteiger partial charge in [-0.1, -0.05) is 24.6 Å². The molecule has 2 nitrogen and oxygen atoms in total. The first-order valence-corrected chi connectivity index (χ1v) is 6.75. The van der Waals surface area contributed by atoms with E-state index in [4.69, 9.17) is 11.6 Å². The van der Waals surface area contributed by atoms with Crippen LogP contribution in [0.25, 0.3) is 10.9 Å². The second kappa shape index (κ2) is 6.35. The van der Waals surface area contributed by atoms with Gasteiger partial charge in [0.05, 0.1) is 12.1 Å². The molecule has 0 saturated carbocycles. The Morgan fingerprint density at radius 3 is 2.84 bits per heavy atom. The molecule has 2 aromatic rings. The van der Waals surface area contributed by atoms with Crippen LogP contribution in [0, 0.1) is 0 Å². The summed E-state index contributed by atoms with van der Waals surface area (Å²) in [5.74, 6) is 0. The predicted molar refractivity (Wildman–Crippen MR) is 74.9 cm³/mol. The molecule has 0 atom stereocenters. The minimum Gasteiger partial charge on any atom is -0.341 e. The number of nitrogens with zero attached hydrogens (tertiary/aromatic N) is 1. The lowest BCUT2D eigenvalue weighted by Gasteiger charge is -2.03. The molecule has 0 amide bonds. The van der Waals surface area contributed by atoms with Crippen LogP contribution in [0.5, 0.6) is 0 Å². The zero-order valence-corrected chi connectivity index (χ0v) is 11.6.